The van der Waals surface area contributed by atoms with Crippen molar-refractivity contribution in [3.8, 4) is 0 Å². The molecule has 0 atom stereocenters. The Morgan fingerprint density at radius 3 is 2.50 bits per heavy atom. The highest BCUT2D eigenvalue weighted by Crippen LogP contribution is 2.20. The first-order chi connectivity index (χ1) is 5.41. The van der Waals surface area contributed by atoms with Crippen LogP contribution < -0.4 is 0 Å². The second-order valence-electron chi connectivity index (χ2n) is 3.40. The topological polar surface area (TPSA) is 33.1 Å². The van der Waals surface area contributed by atoms with E-state index in [0.717, 1.165) is 5.56 Å². The summed E-state index contributed by atoms with van der Waals surface area (Å²) in [6.45, 7) is 4.77. The van der Waals surface area contributed by atoms with Gasteiger partial charge < -0.3 is 5.11 Å². The number of hydrogen-bond acceptors (Lipinski definition) is 2. The van der Waals surface area contributed by atoms with Gasteiger partial charge in [-0.3, -0.25) is 4.98 Å². The Balaban J connectivity index is 3.19. The maximum absolute atomic E-state index is 13.1. The van der Waals surface area contributed by atoms with Gasteiger partial charge in [-0.15, -0.1) is 0 Å². The van der Waals surface area contributed by atoms with Crippen LogP contribution in [0.3, 0.4) is 0 Å². The van der Waals surface area contributed by atoms with E-state index >= 15 is 0 Å². The fourth-order valence-electron chi connectivity index (χ4n) is 0.984. The minimum atomic E-state index is -1.21. The number of aryl methyl sites for hydroxylation is 1. The van der Waals surface area contributed by atoms with E-state index in [0.29, 0.717) is 0 Å². The van der Waals surface area contributed by atoms with Crippen molar-refractivity contribution >= 4 is 0 Å². The van der Waals surface area contributed by atoms with Crippen LogP contribution in [0, 0.1) is 12.7 Å². The van der Waals surface area contributed by atoms with Crippen LogP contribution >= 0.6 is 0 Å². The second kappa shape index (κ2) is 2.83. The minimum Gasteiger partial charge on any atom is -0.384 e. The number of halogens is 1. The van der Waals surface area contributed by atoms with Crippen LogP contribution in [0.4, 0.5) is 4.39 Å². The number of aliphatic hydroxyl groups is 1. The second-order valence-corrected chi connectivity index (χ2v) is 3.40. The Morgan fingerprint density at radius 1 is 1.50 bits per heavy atom. The van der Waals surface area contributed by atoms with E-state index in [2.05, 4.69) is 4.98 Å². The third-order valence-electron chi connectivity index (χ3n) is 1.56. The van der Waals surface area contributed by atoms with Crippen LogP contribution in [0.2, 0.25) is 0 Å². The van der Waals surface area contributed by atoms with Crippen molar-refractivity contribution in [3.05, 3.63) is 29.3 Å². The Morgan fingerprint density at radius 2 is 2.08 bits per heavy atom. The van der Waals surface area contributed by atoms with E-state index in [1.165, 1.54) is 26.1 Å². The molecule has 1 aromatic rings. The van der Waals surface area contributed by atoms with Gasteiger partial charge in [0, 0.05) is 6.20 Å². The SMILES string of the molecule is Cc1cnc(C(C)(C)O)c(F)c1. The maximum Gasteiger partial charge on any atom is 0.147 e. The van der Waals surface area contributed by atoms with Gasteiger partial charge in [-0.2, -0.15) is 0 Å². The molecule has 0 unspecified atom stereocenters. The van der Waals surface area contributed by atoms with E-state index in [1.54, 1.807) is 6.92 Å². The standard InChI is InChI=1S/C9H12FNO/c1-6-4-7(10)8(11-5-6)9(2,3)12/h4-5,12H,1-3H3. The summed E-state index contributed by atoms with van der Waals surface area (Å²) in [6, 6.07) is 1.36. The summed E-state index contributed by atoms with van der Waals surface area (Å²) < 4.78 is 13.1. The molecule has 1 N–H and O–H groups in total. The van der Waals surface area contributed by atoms with E-state index in [9.17, 15) is 9.50 Å². The summed E-state index contributed by atoms with van der Waals surface area (Å²) in [5, 5.41) is 9.46. The largest absolute Gasteiger partial charge is 0.384 e. The van der Waals surface area contributed by atoms with Crippen LogP contribution in [0.25, 0.3) is 0 Å². The molecular formula is C9H12FNO. The zero-order valence-electron chi connectivity index (χ0n) is 7.43. The van der Waals surface area contributed by atoms with E-state index < -0.39 is 11.4 Å². The van der Waals surface area contributed by atoms with Crippen molar-refractivity contribution in [3.63, 3.8) is 0 Å². The summed E-state index contributed by atoms with van der Waals surface area (Å²) in [7, 11) is 0. The molecule has 1 heterocycles. The van der Waals surface area contributed by atoms with Crippen LogP contribution in [0.5, 0.6) is 0 Å². The van der Waals surface area contributed by atoms with Crippen molar-refractivity contribution in [2.75, 3.05) is 0 Å². The first-order valence-electron chi connectivity index (χ1n) is 3.76. The molecule has 0 spiro atoms. The van der Waals surface area contributed by atoms with E-state index in [4.69, 9.17) is 0 Å². The Labute approximate surface area is 71.1 Å². The number of nitrogens with zero attached hydrogens (tertiary/aromatic N) is 1. The van der Waals surface area contributed by atoms with Gasteiger partial charge in [0.2, 0.25) is 0 Å². The lowest BCUT2D eigenvalue weighted by Crippen LogP contribution is -2.19. The highest BCUT2D eigenvalue weighted by atomic mass is 19.1. The van der Waals surface area contributed by atoms with Crippen molar-refractivity contribution in [2.24, 2.45) is 0 Å². The molecule has 0 aromatic carbocycles. The molecule has 0 aliphatic heterocycles. The molecule has 3 heteroatoms. The van der Waals surface area contributed by atoms with Crippen molar-refractivity contribution < 1.29 is 9.50 Å². The minimum absolute atomic E-state index is 0.0908. The summed E-state index contributed by atoms with van der Waals surface area (Å²) in [5.74, 6) is -0.456. The van der Waals surface area contributed by atoms with E-state index in [1.807, 2.05) is 0 Å². The molecule has 0 aliphatic rings. The molecular weight excluding hydrogens is 157 g/mol. The van der Waals surface area contributed by atoms with E-state index in [-0.39, 0.29) is 5.69 Å². The molecule has 12 heavy (non-hydrogen) atoms. The number of rotatable bonds is 1. The monoisotopic (exact) mass is 169 g/mol. The van der Waals surface area contributed by atoms with Gasteiger partial charge in [-0.25, -0.2) is 4.39 Å². The molecule has 1 rings (SSSR count). The van der Waals surface area contributed by atoms with Crippen LogP contribution in [-0.4, -0.2) is 10.1 Å². The third kappa shape index (κ3) is 1.80. The average Bonchev–Trinajstić information content (AvgIpc) is 1.83. The quantitative estimate of drug-likeness (QED) is 0.694. The number of hydrogen-bond donors (Lipinski definition) is 1. The molecule has 0 radical (unpaired) electrons. The Kier molecular flexibility index (Phi) is 2.15. The van der Waals surface area contributed by atoms with Crippen LogP contribution in [0.15, 0.2) is 12.3 Å². The lowest BCUT2D eigenvalue weighted by atomic mass is 10.0. The van der Waals surface area contributed by atoms with Crippen LogP contribution in [-0.2, 0) is 5.60 Å². The number of aromatic nitrogens is 1. The molecule has 0 bridgehead atoms. The third-order valence-corrected chi connectivity index (χ3v) is 1.56. The predicted octanol–water partition coefficient (Wildman–Crippen LogP) is 1.76. The van der Waals surface area contributed by atoms with Gasteiger partial charge in [-0.1, -0.05) is 0 Å². The molecule has 66 valence electrons. The molecule has 0 aliphatic carbocycles. The molecule has 0 fully saturated rings. The van der Waals surface area contributed by atoms with Crippen molar-refractivity contribution in [2.45, 2.75) is 26.4 Å². The zero-order chi connectivity index (χ0) is 9.35. The normalized spacial score (nSPS) is 11.8. The first-order valence-corrected chi connectivity index (χ1v) is 3.76. The van der Waals surface area contributed by atoms with Crippen LogP contribution in [0.1, 0.15) is 25.1 Å². The maximum atomic E-state index is 13.1. The highest BCUT2D eigenvalue weighted by molar-refractivity contribution is 5.18. The summed E-state index contributed by atoms with van der Waals surface area (Å²) in [6.07, 6.45) is 1.54. The smallest absolute Gasteiger partial charge is 0.147 e. The van der Waals surface area contributed by atoms with Crippen molar-refractivity contribution in [1.29, 1.82) is 0 Å². The fourth-order valence-corrected chi connectivity index (χ4v) is 0.984. The lowest BCUT2D eigenvalue weighted by Gasteiger charge is -2.16. The van der Waals surface area contributed by atoms with Gasteiger partial charge in [-0.05, 0) is 32.4 Å². The molecule has 2 nitrogen and oxygen atoms in total. The van der Waals surface area contributed by atoms with Gasteiger partial charge in [0.15, 0.2) is 0 Å². The van der Waals surface area contributed by atoms with Crippen molar-refractivity contribution in [1.82, 2.24) is 4.98 Å². The van der Waals surface area contributed by atoms with Gasteiger partial charge in [0.25, 0.3) is 0 Å². The molecule has 0 saturated carbocycles. The summed E-state index contributed by atoms with van der Waals surface area (Å²) in [4.78, 5) is 3.82. The zero-order valence-corrected chi connectivity index (χ0v) is 7.43. The van der Waals surface area contributed by atoms with Gasteiger partial charge in [0.1, 0.15) is 17.1 Å². The Bertz CT molecular complexity index is 291. The summed E-state index contributed by atoms with van der Waals surface area (Å²) in [5.41, 5.74) is -0.369. The van der Waals surface area contributed by atoms with Gasteiger partial charge in [0.05, 0.1) is 0 Å². The fraction of sp³-hybridized carbons (Fsp3) is 0.444. The highest BCUT2D eigenvalue weighted by Gasteiger charge is 2.21. The first kappa shape index (κ1) is 9.13. The molecule has 0 saturated heterocycles. The average molecular weight is 169 g/mol. The summed E-state index contributed by atoms with van der Waals surface area (Å²) >= 11 is 0. The van der Waals surface area contributed by atoms with Gasteiger partial charge >= 0.3 is 0 Å². The molecule has 0 amide bonds. The number of pyridine rings is 1. The lowest BCUT2D eigenvalue weighted by molar-refractivity contribution is 0.0694. The molecule has 1 aromatic heterocycles. The predicted molar refractivity (Wildman–Crippen MR) is 44.2 cm³/mol. The Hall–Kier alpha value is -0.960.